The van der Waals surface area contributed by atoms with Crippen molar-refractivity contribution in [1.82, 2.24) is 0 Å². The van der Waals surface area contributed by atoms with Crippen molar-refractivity contribution in [1.29, 1.82) is 0 Å². The molecule has 1 nitrogen and oxygen atoms in total. The second kappa shape index (κ2) is 12.6. The van der Waals surface area contributed by atoms with E-state index in [0.29, 0.717) is 0 Å². The van der Waals surface area contributed by atoms with E-state index in [-0.39, 0.29) is 5.41 Å². The summed E-state index contributed by atoms with van der Waals surface area (Å²) in [5.41, 5.74) is 3.94. The van der Waals surface area contributed by atoms with Gasteiger partial charge in [0, 0.05) is 5.41 Å². The van der Waals surface area contributed by atoms with E-state index in [1.165, 1.54) is 36.0 Å². The summed E-state index contributed by atoms with van der Waals surface area (Å²) < 4.78 is 5.20. The van der Waals surface area contributed by atoms with E-state index in [2.05, 4.69) is 71.0 Å². The maximum Gasteiger partial charge on any atom is 0.118 e. The summed E-state index contributed by atoms with van der Waals surface area (Å²) in [4.78, 5) is 0. The van der Waals surface area contributed by atoms with Crippen LogP contribution < -0.4 is 4.74 Å². The second-order valence-electron chi connectivity index (χ2n) is 6.57. The highest BCUT2D eigenvalue weighted by atomic mass is 16.5. The van der Waals surface area contributed by atoms with Crippen LogP contribution in [0.5, 0.6) is 5.75 Å². The fourth-order valence-corrected chi connectivity index (χ4v) is 2.50. The van der Waals surface area contributed by atoms with E-state index in [1.807, 2.05) is 26.0 Å². The summed E-state index contributed by atoms with van der Waals surface area (Å²) in [6.45, 7) is 15.0. The van der Waals surface area contributed by atoms with Gasteiger partial charge in [0.2, 0.25) is 0 Å². The summed E-state index contributed by atoms with van der Waals surface area (Å²) in [5.74, 6) is 0.901. The molecular weight excluding hydrogens is 304 g/mol. The molecule has 0 aliphatic rings. The van der Waals surface area contributed by atoms with Gasteiger partial charge in [-0.25, -0.2) is 0 Å². The number of methoxy groups -OCH3 is 1. The summed E-state index contributed by atoms with van der Waals surface area (Å²) in [6.07, 6.45) is 4.08. The van der Waals surface area contributed by atoms with Crippen LogP contribution in [0, 0.1) is 6.92 Å². The molecule has 1 heteroatoms. The molecule has 0 N–H and O–H groups in total. The molecule has 0 bridgehead atoms. The van der Waals surface area contributed by atoms with Gasteiger partial charge in [-0.15, -0.1) is 0 Å². The average molecular weight is 343 g/mol. The van der Waals surface area contributed by atoms with Crippen molar-refractivity contribution in [3.8, 4) is 5.75 Å². The fourth-order valence-electron chi connectivity index (χ4n) is 2.50. The molecule has 25 heavy (non-hydrogen) atoms. The lowest BCUT2D eigenvalue weighted by atomic mass is 9.78. The van der Waals surface area contributed by atoms with Crippen LogP contribution in [0.25, 0.3) is 0 Å². The van der Waals surface area contributed by atoms with Gasteiger partial charge >= 0.3 is 0 Å². The lowest BCUT2D eigenvalue weighted by Crippen LogP contribution is -2.18. The van der Waals surface area contributed by atoms with Gasteiger partial charge in [0.25, 0.3) is 0 Å². The molecule has 0 aromatic heterocycles. The van der Waals surface area contributed by atoms with Crippen LogP contribution >= 0.6 is 0 Å². The normalized spacial score (nSPS) is 10.1. The van der Waals surface area contributed by atoms with Crippen molar-refractivity contribution in [3.05, 3.63) is 65.2 Å². The average Bonchev–Trinajstić information content (AvgIpc) is 2.65. The van der Waals surface area contributed by atoms with E-state index in [0.717, 1.165) is 5.75 Å². The van der Waals surface area contributed by atoms with Crippen LogP contribution in [0.3, 0.4) is 0 Å². The quantitative estimate of drug-likeness (QED) is 0.545. The van der Waals surface area contributed by atoms with Gasteiger partial charge in [-0.05, 0) is 30.2 Å². The smallest absolute Gasteiger partial charge is 0.118 e. The van der Waals surface area contributed by atoms with E-state index in [4.69, 9.17) is 4.74 Å². The van der Waals surface area contributed by atoms with Crippen molar-refractivity contribution in [2.45, 2.75) is 73.1 Å². The first kappa shape index (κ1) is 23.2. The predicted molar refractivity (Wildman–Crippen MR) is 113 cm³/mol. The van der Waals surface area contributed by atoms with E-state index in [1.54, 1.807) is 7.11 Å². The lowest BCUT2D eigenvalue weighted by Gasteiger charge is -2.26. The highest BCUT2D eigenvalue weighted by Crippen LogP contribution is 2.32. The molecule has 0 aliphatic heterocycles. The molecule has 2 aromatic rings. The number of hydrogen-bond acceptors (Lipinski definition) is 1. The predicted octanol–water partition coefficient (Wildman–Crippen LogP) is 7.55. The van der Waals surface area contributed by atoms with Crippen molar-refractivity contribution in [3.63, 3.8) is 0 Å². The first-order valence-corrected chi connectivity index (χ1v) is 9.67. The number of aryl methyl sites for hydroxylation is 1. The van der Waals surface area contributed by atoms with E-state index in [9.17, 15) is 0 Å². The molecule has 0 fully saturated rings. The highest BCUT2D eigenvalue weighted by Gasteiger charge is 2.22. The fraction of sp³-hybridized carbons (Fsp3) is 0.500. The summed E-state index contributed by atoms with van der Waals surface area (Å²) >= 11 is 0. The zero-order chi connectivity index (χ0) is 19.3. The highest BCUT2D eigenvalue weighted by molar-refractivity contribution is 5.40. The molecule has 0 amide bonds. The van der Waals surface area contributed by atoms with Crippen LogP contribution in [-0.2, 0) is 5.41 Å². The third-order valence-corrected chi connectivity index (χ3v) is 4.29. The summed E-state index contributed by atoms with van der Waals surface area (Å²) in [5, 5.41) is 0. The third kappa shape index (κ3) is 7.77. The van der Waals surface area contributed by atoms with Gasteiger partial charge in [0.1, 0.15) is 5.75 Å². The first-order chi connectivity index (χ1) is 12.0. The number of benzene rings is 2. The largest absolute Gasteiger partial charge is 0.497 e. The molecular formula is C24H38O. The molecule has 0 radical (unpaired) electrons. The van der Waals surface area contributed by atoms with Gasteiger partial charge in [0.15, 0.2) is 0 Å². The van der Waals surface area contributed by atoms with Crippen LogP contribution in [0.4, 0.5) is 0 Å². The summed E-state index contributed by atoms with van der Waals surface area (Å²) in [6, 6.07) is 17.1. The van der Waals surface area contributed by atoms with Gasteiger partial charge in [-0.1, -0.05) is 103 Å². The Kier molecular flexibility index (Phi) is 11.7. The molecule has 0 atom stereocenters. The topological polar surface area (TPSA) is 9.23 Å². The van der Waals surface area contributed by atoms with Crippen LogP contribution in [0.2, 0.25) is 0 Å². The molecule has 0 spiro atoms. The van der Waals surface area contributed by atoms with Gasteiger partial charge in [0.05, 0.1) is 7.11 Å². The van der Waals surface area contributed by atoms with Crippen LogP contribution in [-0.4, -0.2) is 7.11 Å². The van der Waals surface area contributed by atoms with Gasteiger partial charge in [-0.3, -0.25) is 0 Å². The first-order valence-electron chi connectivity index (χ1n) is 9.67. The molecule has 0 unspecified atom stereocenters. The molecule has 2 aromatic carbocycles. The maximum atomic E-state index is 5.20. The minimum absolute atomic E-state index is 0.0139. The SMILES string of the molecule is CC.CCCCC.COc1ccc(C(C)(C)c2ccc(C)cc2)cc1. The number of hydrogen-bond donors (Lipinski definition) is 0. The molecule has 140 valence electrons. The Morgan fingerprint density at radius 2 is 1.16 bits per heavy atom. The van der Waals surface area contributed by atoms with Gasteiger partial charge < -0.3 is 4.74 Å². The van der Waals surface area contributed by atoms with Crippen LogP contribution in [0.15, 0.2) is 48.5 Å². The Balaban J connectivity index is 0.000000710. The van der Waals surface area contributed by atoms with Crippen molar-refractivity contribution in [2.75, 3.05) is 7.11 Å². The molecule has 2 rings (SSSR count). The van der Waals surface area contributed by atoms with Gasteiger partial charge in [-0.2, -0.15) is 0 Å². The van der Waals surface area contributed by atoms with E-state index >= 15 is 0 Å². The molecule has 0 aliphatic carbocycles. The maximum absolute atomic E-state index is 5.20. The monoisotopic (exact) mass is 342 g/mol. The van der Waals surface area contributed by atoms with Crippen molar-refractivity contribution in [2.24, 2.45) is 0 Å². The zero-order valence-corrected chi connectivity index (χ0v) is 17.6. The number of ether oxygens (including phenoxy) is 1. The minimum atomic E-state index is 0.0139. The molecule has 0 saturated heterocycles. The Labute approximate surface area is 156 Å². The second-order valence-corrected chi connectivity index (χ2v) is 6.57. The zero-order valence-electron chi connectivity index (χ0n) is 17.6. The van der Waals surface area contributed by atoms with Crippen molar-refractivity contribution < 1.29 is 4.74 Å². The number of unbranched alkanes of at least 4 members (excludes halogenated alkanes) is 2. The minimum Gasteiger partial charge on any atom is -0.497 e. The Bertz CT molecular complexity index is 548. The van der Waals surface area contributed by atoms with E-state index < -0.39 is 0 Å². The lowest BCUT2D eigenvalue weighted by molar-refractivity contribution is 0.414. The Morgan fingerprint density at radius 1 is 0.760 bits per heavy atom. The Morgan fingerprint density at radius 3 is 1.48 bits per heavy atom. The summed E-state index contributed by atoms with van der Waals surface area (Å²) in [7, 11) is 1.69. The third-order valence-electron chi connectivity index (χ3n) is 4.29. The Hall–Kier alpha value is -1.76. The van der Waals surface area contributed by atoms with Crippen LogP contribution in [0.1, 0.15) is 77.5 Å². The number of rotatable bonds is 5. The standard InChI is InChI=1S/C17H20O.C5H12.C2H6/c1-13-5-7-14(8-6-13)17(2,3)15-9-11-16(18-4)12-10-15;1-3-5-4-2;1-2/h5-12H,1-4H3;3-5H2,1-2H3;1-2H3. The molecule has 0 saturated carbocycles. The van der Waals surface area contributed by atoms with Crippen molar-refractivity contribution >= 4 is 0 Å². The molecule has 0 heterocycles.